The fraction of sp³-hybridized carbons (Fsp3) is 0.900. The summed E-state index contributed by atoms with van der Waals surface area (Å²) in [7, 11) is 1.77. The van der Waals surface area contributed by atoms with Gasteiger partial charge in [0, 0.05) is 43.3 Å². The number of piperazine rings is 1. The van der Waals surface area contributed by atoms with E-state index in [0.29, 0.717) is 19.0 Å². The Morgan fingerprint density at radius 3 is 2.48 bits per heavy atom. The number of hydrogen-bond acceptors (Lipinski definition) is 5. The van der Waals surface area contributed by atoms with Crippen LogP contribution >= 0.6 is 23.2 Å². The zero-order chi connectivity index (χ0) is 28.4. The number of halogens is 2. The quantitative estimate of drug-likeness (QED) is 0.426. The lowest BCUT2D eigenvalue weighted by molar-refractivity contribution is -0.123. The second-order valence-corrected chi connectivity index (χ2v) is 14.0. The van der Waals surface area contributed by atoms with Crippen LogP contribution in [0, 0.1) is 17.8 Å². The molecule has 1 saturated heterocycles. The number of amidine groups is 1. The van der Waals surface area contributed by atoms with E-state index in [9.17, 15) is 9.59 Å². The summed E-state index contributed by atoms with van der Waals surface area (Å²) in [5.74, 6) is 1.27. The van der Waals surface area contributed by atoms with Crippen LogP contribution < -0.4 is 5.32 Å². The Morgan fingerprint density at radius 1 is 1.05 bits per heavy atom. The number of alkyl halides is 2. The van der Waals surface area contributed by atoms with E-state index >= 15 is 0 Å². The van der Waals surface area contributed by atoms with Crippen molar-refractivity contribution in [3.05, 3.63) is 0 Å². The average Bonchev–Trinajstić information content (AvgIpc) is 3.33. The molecule has 0 aromatic heterocycles. The summed E-state index contributed by atoms with van der Waals surface area (Å²) < 4.78 is 12.3. The number of rotatable bonds is 6. The van der Waals surface area contributed by atoms with Crippen LogP contribution in [0.5, 0.6) is 0 Å². The third-order valence-corrected chi connectivity index (χ3v) is 10.9. The second kappa shape index (κ2) is 13.5. The summed E-state index contributed by atoms with van der Waals surface area (Å²) in [6.07, 6.45) is 10.8. The van der Waals surface area contributed by atoms with E-state index in [4.69, 9.17) is 37.7 Å². The van der Waals surface area contributed by atoms with Crippen molar-refractivity contribution < 1.29 is 19.1 Å². The predicted molar refractivity (Wildman–Crippen MR) is 158 cm³/mol. The number of nitrogens with zero attached hydrogens (tertiary/aromatic N) is 3. The van der Waals surface area contributed by atoms with E-state index in [-0.39, 0.29) is 71.5 Å². The molecule has 1 N–H and O–H groups in total. The molecule has 5 unspecified atom stereocenters. The predicted octanol–water partition coefficient (Wildman–Crippen LogP) is 5.19. The minimum atomic E-state index is -0.109. The van der Waals surface area contributed by atoms with Gasteiger partial charge in [-0.05, 0) is 77.0 Å². The van der Waals surface area contributed by atoms with Gasteiger partial charge in [0.15, 0.2) is 0 Å². The lowest BCUT2D eigenvalue weighted by Crippen LogP contribution is -2.60. The van der Waals surface area contributed by atoms with Gasteiger partial charge in [-0.3, -0.25) is 14.7 Å². The molecule has 2 heterocycles. The molecule has 0 spiro atoms. The summed E-state index contributed by atoms with van der Waals surface area (Å²) in [5.41, 5.74) is 0. The van der Waals surface area contributed by atoms with E-state index in [2.05, 4.69) is 19.2 Å². The summed E-state index contributed by atoms with van der Waals surface area (Å²) in [6.45, 7) is 5.19. The summed E-state index contributed by atoms with van der Waals surface area (Å²) in [5, 5.41) is 3.11. The van der Waals surface area contributed by atoms with E-state index in [0.717, 1.165) is 76.5 Å². The molecular formula is C30H48Cl2N4O4. The molecule has 40 heavy (non-hydrogen) atoms. The number of ether oxygens (including phenoxy) is 2. The van der Waals surface area contributed by atoms with Gasteiger partial charge in [0.1, 0.15) is 12.4 Å². The first kappa shape index (κ1) is 30.4. The SMILES string of the molecule is COC1CCC(C2=N[C@H](C3CCCCC3Cl)[C@H](C3CCC(Cl)CC3)N2C(=O)N2CCNC(=O)C2)C(OC(C)C)C1. The van der Waals surface area contributed by atoms with Gasteiger partial charge in [-0.25, -0.2) is 4.79 Å². The van der Waals surface area contributed by atoms with Gasteiger partial charge < -0.3 is 19.7 Å². The van der Waals surface area contributed by atoms with Crippen LogP contribution in [0.1, 0.15) is 84.5 Å². The maximum absolute atomic E-state index is 14.5. The zero-order valence-electron chi connectivity index (χ0n) is 24.4. The Bertz CT molecular complexity index is 927. The van der Waals surface area contributed by atoms with Crippen LogP contribution in [0.25, 0.3) is 0 Å². The molecular weight excluding hydrogens is 551 g/mol. The standard InChI is InChI=1S/C30H48Cl2N4O4/c1-18(2)40-25-16-21(39-3)12-13-23(25)29-34-27(22-6-4-5-7-24(22)32)28(19-8-10-20(31)11-9-19)36(29)30(38)35-15-14-33-26(37)17-35/h18-25,27-28H,4-17H2,1-3H3,(H,33,37)/t19?,20?,21?,22?,23?,24?,25?,27-,28+/m1/s1. The van der Waals surface area contributed by atoms with Crippen LogP contribution in [0.4, 0.5) is 4.79 Å². The molecule has 5 rings (SSSR count). The highest BCUT2D eigenvalue weighted by Gasteiger charge is 2.53. The third kappa shape index (κ3) is 6.60. The van der Waals surface area contributed by atoms with Crippen LogP contribution in [-0.2, 0) is 14.3 Å². The van der Waals surface area contributed by atoms with Gasteiger partial charge in [-0.15, -0.1) is 23.2 Å². The zero-order valence-corrected chi connectivity index (χ0v) is 25.9. The second-order valence-electron chi connectivity index (χ2n) is 12.9. The van der Waals surface area contributed by atoms with Gasteiger partial charge in [-0.2, -0.15) is 0 Å². The molecule has 5 aliphatic rings. The number of methoxy groups -OCH3 is 1. The highest BCUT2D eigenvalue weighted by molar-refractivity contribution is 6.21. The molecule has 0 aromatic carbocycles. The molecule has 2 aliphatic heterocycles. The topological polar surface area (TPSA) is 83.5 Å². The molecule has 3 aliphatic carbocycles. The molecule has 4 fully saturated rings. The average molecular weight is 600 g/mol. The fourth-order valence-corrected chi connectivity index (χ4v) is 8.59. The molecule has 226 valence electrons. The van der Waals surface area contributed by atoms with Crippen molar-refractivity contribution in [3.8, 4) is 0 Å². The first-order valence-electron chi connectivity index (χ1n) is 15.7. The Labute approximate surface area is 249 Å². The van der Waals surface area contributed by atoms with E-state index in [1.54, 1.807) is 12.0 Å². The van der Waals surface area contributed by atoms with Crippen LogP contribution in [0.2, 0.25) is 0 Å². The monoisotopic (exact) mass is 598 g/mol. The maximum atomic E-state index is 14.5. The van der Waals surface area contributed by atoms with E-state index in [1.165, 1.54) is 0 Å². The van der Waals surface area contributed by atoms with Gasteiger partial charge in [0.05, 0.1) is 30.4 Å². The lowest BCUT2D eigenvalue weighted by Gasteiger charge is -2.44. The highest BCUT2D eigenvalue weighted by atomic mass is 35.5. The normalized spacial score (nSPS) is 39.3. The Kier molecular flexibility index (Phi) is 10.2. The first-order valence-corrected chi connectivity index (χ1v) is 16.5. The number of carbonyl (C=O) groups excluding carboxylic acids is 2. The summed E-state index contributed by atoms with van der Waals surface area (Å²) in [4.78, 5) is 36.2. The highest BCUT2D eigenvalue weighted by Crippen LogP contribution is 2.45. The molecule has 7 atom stereocenters. The number of amides is 3. The minimum absolute atomic E-state index is 0.00870. The van der Waals surface area contributed by atoms with Crippen molar-refractivity contribution in [2.24, 2.45) is 22.7 Å². The van der Waals surface area contributed by atoms with Gasteiger partial charge >= 0.3 is 6.03 Å². The van der Waals surface area contributed by atoms with Crippen molar-refractivity contribution in [3.63, 3.8) is 0 Å². The smallest absolute Gasteiger partial charge is 0.326 e. The molecule has 0 aromatic rings. The van der Waals surface area contributed by atoms with Gasteiger partial charge in [0.2, 0.25) is 5.91 Å². The van der Waals surface area contributed by atoms with Gasteiger partial charge in [-0.1, -0.05) is 12.8 Å². The maximum Gasteiger partial charge on any atom is 0.326 e. The molecule has 10 heteroatoms. The van der Waals surface area contributed by atoms with Crippen molar-refractivity contribution in [2.75, 3.05) is 26.7 Å². The van der Waals surface area contributed by atoms with Crippen LogP contribution in [-0.4, -0.2) is 95.5 Å². The minimum Gasteiger partial charge on any atom is -0.381 e. The van der Waals surface area contributed by atoms with Crippen molar-refractivity contribution in [2.45, 2.75) is 126 Å². The number of aliphatic imine (C=N–C) groups is 1. The Balaban J connectivity index is 1.55. The van der Waals surface area contributed by atoms with Gasteiger partial charge in [0.25, 0.3) is 0 Å². The number of carbonyl (C=O) groups is 2. The molecule has 0 bridgehead atoms. The largest absolute Gasteiger partial charge is 0.381 e. The summed E-state index contributed by atoms with van der Waals surface area (Å²) in [6, 6.07) is -0.203. The first-order chi connectivity index (χ1) is 19.3. The molecule has 0 radical (unpaired) electrons. The van der Waals surface area contributed by atoms with E-state index < -0.39 is 0 Å². The molecule has 3 amide bonds. The van der Waals surface area contributed by atoms with Crippen molar-refractivity contribution >= 4 is 41.0 Å². The van der Waals surface area contributed by atoms with E-state index in [1.807, 2.05) is 4.90 Å². The van der Waals surface area contributed by atoms with Crippen LogP contribution in [0.3, 0.4) is 0 Å². The fourth-order valence-electron chi connectivity index (χ4n) is 7.91. The molecule has 3 saturated carbocycles. The number of hydrogen-bond donors (Lipinski definition) is 1. The lowest BCUT2D eigenvalue weighted by atomic mass is 9.74. The molecule has 8 nitrogen and oxygen atoms in total. The summed E-state index contributed by atoms with van der Waals surface area (Å²) >= 11 is 13.6. The van der Waals surface area contributed by atoms with Crippen LogP contribution in [0.15, 0.2) is 4.99 Å². The number of nitrogens with one attached hydrogen (secondary N) is 1. The third-order valence-electron chi connectivity index (χ3n) is 9.90. The number of urea groups is 1. The Morgan fingerprint density at radius 2 is 1.80 bits per heavy atom. The Hall–Kier alpha value is -1.09. The van der Waals surface area contributed by atoms with Crippen molar-refractivity contribution in [1.29, 1.82) is 0 Å². The van der Waals surface area contributed by atoms with Crippen molar-refractivity contribution in [1.82, 2.24) is 15.1 Å².